The molecule has 0 spiro atoms. The van der Waals surface area contributed by atoms with Crippen molar-refractivity contribution in [2.45, 2.75) is 6.54 Å². The van der Waals surface area contributed by atoms with Crippen molar-refractivity contribution >= 4 is 11.4 Å². The second-order valence-electron chi connectivity index (χ2n) is 2.37. The maximum Gasteiger partial charge on any atom is 0.0384 e. The molecule has 1 aromatic rings. The number of nitrogens with one attached hydrogen (secondary N) is 1. The molecular formula is C8H13N3. The third-order valence-electron chi connectivity index (χ3n) is 1.62. The van der Waals surface area contributed by atoms with E-state index in [1.165, 1.54) is 0 Å². The molecule has 0 unspecified atom stereocenters. The van der Waals surface area contributed by atoms with E-state index in [0.717, 1.165) is 16.9 Å². The Hall–Kier alpha value is -1.22. The fraction of sp³-hybridized carbons (Fsp3) is 0.250. The van der Waals surface area contributed by atoms with Gasteiger partial charge in [-0.2, -0.15) is 0 Å². The Kier molecular flexibility index (Phi) is 2.33. The number of benzene rings is 1. The Morgan fingerprint density at radius 1 is 1.45 bits per heavy atom. The van der Waals surface area contributed by atoms with Crippen molar-refractivity contribution in [3.05, 3.63) is 23.8 Å². The van der Waals surface area contributed by atoms with Gasteiger partial charge in [0.1, 0.15) is 0 Å². The van der Waals surface area contributed by atoms with Crippen LogP contribution in [0.5, 0.6) is 0 Å². The summed E-state index contributed by atoms with van der Waals surface area (Å²) in [6.07, 6.45) is 0. The van der Waals surface area contributed by atoms with E-state index in [-0.39, 0.29) is 0 Å². The predicted octanol–water partition coefficient (Wildman–Crippen LogP) is 0.769. The molecule has 1 aromatic carbocycles. The van der Waals surface area contributed by atoms with Gasteiger partial charge in [-0.25, -0.2) is 0 Å². The fourth-order valence-electron chi connectivity index (χ4n) is 1.03. The average molecular weight is 151 g/mol. The Balaban J connectivity index is 3.06. The van der Waals surface area contributed by atoms with E-state index in [1.54, 1.807) is 0 Å². The van der Waals surface area contributed by atoms with Gasteiger partial charge in [0.05, 0.1) is 0 Å². The third kappa shape index (κ3) is 1.62. The monoisotopic (exact) mass is 151 g/mol. The van der Waals surface area contributed by atoms with Gasteiger partial charge in [-0.15, -0.1) is 0 Å². The molecule has 0 aliphatic carbocycles. The normalized spacial score (nSPS) is 9.64. The molecule has 5 N–H and O–H groups in total. The molecule has 0 bridgehead atoms. The van der Waals surface area contributed by atoms with Crippen molar-refractivity contribution in [3.63, 3.8) is 0 Å². The minimum Gasteiger partial charge on any atom is -0.399 e. The summed E-state index contributed by atoms with van der Waals surface area (Å²) in [5.41, 5.74) is 13.9. The Morgan fingerprint density at radius 3 is 2.73 bits per heavy atom. The first-order valence-corrected chi connectivity index (χ1v) is 3.54. The van der Waals surface area contributed by atoms with E-state index in [1.807, 2.05) is 25.2 Å². The molecule has 0 atom stereocenters. The quantitative estimate of drug-likeness (QED) is 0.547. The fourth-order valence-corrected chi connectivity index (χ4v) is 1.03. The van der Waals surface area contributed by atoms with Crippen molar-refractivity contribution < 1.29 is 0 Å². The van der Waals surface area contributed by atoms with Crippen LogP contribution < -0.4 is 16.8 Å². The lowest BCUT2D eigenvalue weighted by molar-refractivity contribution is 1.07. The molecule has 0 aromatic heterocycles. The van der Waals surface area contributed by atoms with Gasteiger partial charge in [0, 0.05) is 25.0 Å². The number of rotatable bonds is 2. The first-order chi connectivity index (χ1) is 5.27. The zero-order chi connectivity index (χ0) is 8.27. The van der Waals surface area contributed by atoms with Crippen LogP contribution in [0.15, 0.2) is 18.2 Å². The Labute approximate surface area is 66.4 Å². The van der Waals surface area contributed by atoms with Gasteiger partial charge in [-0.1, -0.05) is 0 Å². The summed E-state index contributed by atoms with van der Waals surface area (Å²) in [6, 6.07) is 5.66. The molecule has 0 aliphatic rings. The van der Waals surface area contributed by atoms with Crippen molar-refractivity contribution in [2.24, 2.45) is 5.73 Å². The van der Waals surface area contributed by atoms with Crippen LogP contribution in [-0.4, -0.2) is 7.05 Å². The topological polar surface area (TPSA) is 64.1 Å². The first-order valence-electron chi connectivity index (χ1n) is 3.54. The Bertz CT molecular complexity index is 245. The molecule has 1 rings (SSSR count). The largest absolute Gasteiger partial charge is 0.399 e. The summed E-state index contributed by atoms with van der Waals surface area (Å²) in [6.45, 7) is 0.515. The van der Waals surface area contributed by atoms with Gasteiger partial charge in [-0.05, 0) is 23.8 Å². The van der Waals surface area contributed by atoms with Gasteiger partial charge in [0.2, 0.25) is 0 Å². The first kappa shape index (κ1) is 7.88. The van der Waals surface area contributed by atoms with Gasteiger partial charge in [0.25, 0.3) is 0 Å². The van der Waals surface area contributed by atoms with Crippen molar-refractivity contribution in [1.29, 1.82) is 0 Å². The van der Waals surface area contributed by atoms with Crippen molar-refractivity contribution in [1.82, 2.24) is 0 Å². The molecule has 0 saturated carbocycles. The predicted molar refractivity (Wildman–Crippen MR) is 48.3 cm³/mol. The SMILES string of the molecule is CNc1ccc(N)cc1CN. The van der Waals surface area contributed by atoms with Crippen LogP contribution in [0.1, 0.15) is 5.56 Å². The summed E-state index contributed by atoms with van der Waals surface area (Å²) in [5, 5.41) is 3.04. The molecule has 11 heavy (non-hydrogen) atoms. The zero-order valence-corrected chi connectivity index (χ0v) is 6.59. The molecule has 0 saturated heterocycles. The minimum absolute atomic E-state index is 0.515. The van der Waals surface area contributed by atoms with E-state index >= 15 is 0 Å². The molecule has 0 fully saturated rings. The number of nitrogen functional groups attached to an aromatic ring is 1. The lowest BCUT2D eigenvalue weighted by atomic mass is 10.1. The summed E-state index contributed by atoms with van der Waals surface area (Å²) in [7, 11) is 1.87. The average Bonchev–Trinajstić information content (AvgIpc) is 2.04. The molecule has 0 aliphatic heterocycles. The maximum absolute atomic E-state index is 5.57. The summed E-state index contributed by atoms with van der Waals surface area (Å²) < 4.78 is 0. The maximum atomic E-state index is 5.57. The number of nitrogens with two attached hydrogens (primary N) is 2. The molecular weight excluding hydrogens is 138 g/mol. The highest BCUT2D eigenvalue weighted by atomic mass is 14.8. The third-order valence-corrected chi connectivity index (χ3v) is 1.62. The molecule has 60 valence electrons. The van der Waals surface area contributed by atoms with E-state index in [2.05, 4.69) is 5.32 Å². The second kappa shape index (κ2) is 3.25. The van der Waals surface area contributed by atoms with Gasteiger partial charge in [0.15, 0.2) is 0 Å². The summed E-state index contributed by atoms with van der Waals surface area (Å²) >= 11 is 0. The standard InChI is InChI=1S/C8H13N3/c1-11-8-3-2-7(10)4-6(8)5-9/h2-4,11H,5,9-10H2,1H3. The van der Waals surface area contributed by atoms with Gasteiger partial charge in [-0.3, -0.25) is 0 Å². The zero-order valence-electron chi connectivity index (χ0n) is 6.59. The molecule has 0 amide bonds. The number of anilines is 2. The minimum atomic E-state index is 0.515. The Morgan fingerprint density at radius 2 is 2.18 bits per heavy atom. The lowest BCUT2D eigenvalue weighted by Gasteiger charge is -2.06. The molecule has 3 heteroatoms. The van der Waals surface area contributed by atoms with Crippen molar-refractivity contribution in [2.75, 3.05) is 18.1 Å². The van der Waals surface area contributed by atoms with Crippen LogP contribution in [0.4, 0.5) is 11.4 Å². The number of hydrogen-bond acceptors (Lipinski definition) is 3. The van der Waals surface area contributed by atoms with E-state index in [0.29, 0.717) is 6.54 Å². The second-order valence-corrected chi connectivity index (χ2v) is 2.37. The van der Waals surface area contributed by atoms with Crippen LogP contribution in [-0.2, 0) is 6.54 Å². The molecule has 0 radical (unpaired) electrons. The van der Waals surface area contributed by atoms with Crippen LogP contribution in [0.3, 0.4) is 0 Å². The van der Waals surface area contributed by atoms with Gasteiger partial charge < -0.3 is 16.8 Å². The molecule has 0 heterocycles. The van der Waals surface area contributed by atoms with E-state index < -0.39 is 0 Å². The van der Waals surface area contributed by atoms with Crippen LogP contribution in [0, 0.1) is 0 Å². The van der Waals surface area contributed by atoms with Crippen LogP contribution >= 0.6 is 0 Å². The van der Waals surface area contributed by atoms with E-state index in [4.69, 9.17) is 11.5 Å². The highest BCUT2D eigenvalue weighted by Crippen LogP contribution is 2.17. The summed E-state index contributed by atoms with van der Waals surface area (Å²) in [4.78, 5) is 0. The van der Waals surface area contributed by atoms with Crippen LogP contribution in [0.25, 0.3) is 0 Å². The lowest BCUT2D eigenvalue weighted by Crippen LogP contribution is -2.02. The molecule has 3 nitrogen and oxygen atoms in total. The smallest absolute Gasteiger partial charge is 0.0384 e. The highest BCUT2D eigenvalue weighted by Gasteiger charge is 1.97. The van der Waals surface area contributed by atoms with Gasteiger partial charge >= 0.3 is 0 Å². The van der Waals surface area contributed by atoms with Crippen molar-refractivity contribution in [3.8, 4) is 0 Å². The van der Waals surface area contributed by atoms with E-state index in [9.17, 15) is 0 Å². The number of hydrogen-bond donors (Lipinski definition) is 3. The summed E-state index contributed by atoms with van der Waals surface area (Å²) in [5.74, 6) is 0. The van der Waals surface area contributed by atoms with Crippen LogP contribution in [0.2, 0.25) is 0 Å². The highest BCUT2D eigenvalue weighted by molar-refractivity contribution is 5.57.